The number of benzene rings is 2. The molecule has 0 radical (unpaired) electrons. The van der Waals surface area contributed by atoms with E-state index in [-0.39, 0.29) is 27.5 Å². The molecule has 4 aromatic rings. The smallest absolute Gasteiger partial charge is 0.300 e. The summed E-state index contributed by atoms with van der Waals surface area (Å²) in [5.41, 5.74) is 12.2. The highest BCUT2D eigenvalue weighted by Gasteiger charge is 2.29. The molecule has 0 saturated carbocycles. The second-order valence-electron chi connectivity index (χ2n) is 6.90. The Bertz CT molecular complexity index is 1340. The lowest BCUT2D eigenvalue weighted by Crippen LogP contribution is -2.39. The summed E-state index contributed by atoms with van der Waals surface area (Å²) >= 11 is 0.874. The number of carbonyl (C=O) groups excluding carboxylic acids is 2. The predicted molar refractivity (Wildman–Crippen MR) is 117 cm³/mol. The molecule has 12 heteroatoms. The van der Waals surface area contributed by atoms with E-state index in [1.165, 1.54) is 54.3 Å². The summed E-state index contributed by atoms with van der Waals surface area (Å²) in [5, 5.41) is 3.89. The van der Waals surface area contributed by atoms with Crippen LogP contribution in [0.4, 0.5) is 25.4 Å². The van der Waals surface area contributed by atoms with E-state index in [9.17, 15) is 18.4 Å². The number of rotatable bonds is 7. The minimum atomic E-state index is -0.882. The van der Waals surface area contributed by atoms with E-state index >= 15 is 0 Å². The highest BCUT2D eigenvalue weighted by atomic mass is 32.1. The van der Waals surface area contributed by atoms with E-state index in [2.05, 4.69) is 15.1 Å². The first-order valence-corrected chi connectivity index (χ1v) is 10.3. The van der Waals surface area contributed by atoms with E-state index in [0.717, 1.165) is 11.3 Å². The fourth-order valence-electron chi connectivity index (χ4n) is 2.97. The zero-order valence-corrected chi connectivity index (χ0v) is 17.8. The molecule has 33 heavy (non-hydrogen) atoms. The Balaban J connectivity index is 1.69. The Morgan fingerprint density at radius 2 is 1.82 bits per heavy atom. The maximum atomic E-state index is 13.5. The first-order valence-electron chi connectivity index (χ1n) is 9.49. The molecule has 0 bridgehead atoms. The van der Waals surface area contributed by atoms with Crippen molar-refractivity contribution in [1.29, 1.82) is 0 Å². The standard InChI is InChI=1S/C21H16F2N6O3S/c1-10(18(25)31)29(14-7-5-12(22)6-8-14)21-26-17(24)16(33-21)15(30)20-27-19(28-32-20)11-3-2-4-13(23)9-11/h2-10H,24H2,1H3,(H2,25,31). The average molecular weight is 470 g/mol. The maximum absolute atomic E-state index is 13.5. The molecule has 4 N–H and O–H groups in total. The van der Waals surface area contributed by atoms with Crippen molar-refractivity contribution in [3.05, 3.63) is 70.9 Å². The number of halogens is 2. The van der Waals surface area contributed by atoms with E-state index in [4.69, 9.17) is 16.0 Å². The number of anilines is 3. The quantitative estimate of drug-likeness (QED) is 0.392. The molecule has 0 fully saturated rings. The lowest BCUT2D eigenvalue weighted by molar-refractivity contribution is -0.118. The Hall–Kier alpha value is -4.19. The van der Waals surface area contributed by atoms with Gasteiger partial charge in [0.15, 0.2) is 5.13 Å². The van der Waals surface area contributed by atoms with Gasteiger partial charge < -0.3 is 20.9 Å². The van der Waals surface area contributed by atoms with Crippen molar-refractivity contribution in [3.63, 3.8) is 0 Å². The molecule has 0 aliphatic carbocycles. The van der Waals surface area contributed by atoms with Gasteiger partial charge in [0.1, 0.15) is 28.4 Å². The van der Waals surface area contributed by atoms with Gasteiger partial charge in [-0.05, 0) is 43.3 Å². The Morgan fingerprint density at radius 1 is 1.09 bits per heavy atom. The van der Waals surface area contributed by atoms with Gasteiger partial charge in [0.2, 0.25) is 11.7 Å². The molecule has 2 heterocycles. The fraction of sp³-hybridized carbons (Fsp3) is 0.0952. The zero-order chi connectivity index (χ0) is 23.7. The van der Waals surface area contributed by atoms with Gasteiger partial charge >= 0.3 is 0 Å². The molecule has 0 aliphatic rings. The number of nitrogens with zero attached hydrogens (tertiary/aromatic N) is 4. The Morgan fingerprint density at radius 3 is 2.48 bits per heavy atom. The molecule has 2 aromatic carbocycles. The second kappa shape index (κ2) is 8.74. The molecule has 2 aromatic heterocycles. The van der Waals surface area contributed by atoms with E-state index in [1.54, 1.807) is 6.07 Å². The van der Waals surface area contributed by atoms with Crippen LogP contribution < -0.4 is 16.4 Å². The second-order valence-corrected chi connectivity index (χ2v) is 7.88. The highest BCUT2D eigenvalue weighted by molar-refractivity contribution is 7.18. The summed E-state index contributed by atoms with van der Waals surface area (Å²) in [6, 6.07) is 9.92. The summed E-state index contributed by atoms with van der Waals surface area (Å²) in [4.78, 5) is 34.5. The van der Waals surface area contributed by atoms with Crippen molar-refractivity contribution in [1.82, 2.24) is 15.1 Å². The molecular formula is C21H16F2N6O3S. The number of aromatic nitrogens is 3. The van der Waals surface area contributed by atoms with Crippen LogP contribution >= 0.6 is 11.3 Å². The third-order valence-corrected chi connectivity index (χ3v) is 5.73. The van der Waals surface area contributed by atoms with Crippen LogP contribution in [0.2, 0.25) is 0 Å². The van der Waals surface area contributed by atoms with Crippen LogP contribution in [0, 0.1) is 11.6 Å². The lowest BCUT2D eigenvalue weighted by atomic mass is 10.2. The fourth-order valence-corrected chi connectivity index (χ4v) is 3.99. The van der Waals surface area contributed by atoms with Crippen molar-refractivity contribution in [2.24, 2.45) is 5.73 Å². The first-order chi connectivity index (χ1) is 15.7. The predicted octanol–water partition coefficient (Wildman–Crippen LogP) is 3.30. The van der Waals surface area contributed by atoms with Gasteiger partial charge in [-0.1, -0.05) is 28.6 Å². The van der Waals surface area contributed by atoms with Crippen molar-refractivity contribution >= 4 is 39.7 Å². The number of primary amides is 1. The average Bonchev–Trinajstić information content (AvgIpc) is 3.42. The van der Waals surface area contributed by atoms with Crippen molar-refractivity contribution < 1.29 is 22.9 Å². The number of hydrogen-bond acceptors (Lipinski definition) is 9. The maximum Gasteiger partial charge on any atom is 0.300 e. The SMILES string of the molecule is CC(C(N)=O)N(c1ccc(F)cc1)c1nc(N)c(C(=O)c2nc(-c3cccc(F)c3)no2)s1. The van der Waals surface area contributed by atoms with Crippen LogP contribution in [0.15, 0.2) is 53.1 Å². The van der Waals surface area contributed by atoms with Crippen LogP contribution in [0.3, 0.4) is 0 Å². The van der Waals surface area contributed by atoms with E-state index in [0.29, 0.717) is 11.3 Å². The summed E-state index contributed by atoms with van der Waals surface area (Å²) < 4.78 is 31.9. The minimum Gasteiger partial charge on any atom is -0.382 e. The van der Waals surface area contributed by atoms with Crippen LogP contribution in [0.5, 0.6) is 0 Å². The van der Waals surface area contributed by atoms with Crippen LogP contribution in [-0.4, -0.2) is 32.9 Å². The zero-order valence-electron chi connectivity index (χ0n) is 17.0. The third-order valence-electron chi connectivity index (χ3n) is 4.66. The molecular weight excluding hydrogens is 454 g/mol. The van der Waals surface area contributed by atoms with Crippen molar-refractivity contribution in [3.8, 4) is 11.4 Å². The third kappa shape index (κ3) is 4.41. The van der Waals surface area contributed by atoms with Gasteiger partial charge in [0.25, 0.3) is 11.7 Å². The summed E-state index contributed by atoms with van der Waals surface area (Å²) in [5.74, 6) is -2.80. The number of hydrogen-bond donors (Lipinski definition) is 2. The number of ketones is 1. The summed E-state index contributed by atoms with van der Waals surface area (Å²) in [7, 11) is 0. The molecule has 1 unspecified atom stereocenters. The highest BCUT2D eigenvalue weighted by Crippen LogP contribution is 2.36. The van der Waals surface area contributed by atoms with Gasteiger partial charge in [-0.25, -0.2) is 13.8 Å². The number of carbonyl (C=O) groups is 2. The van der Waals surface area contributed by atoms with Crippen molar-refractivity contribution in [2.45, 2.75) is 13.0 Å². The number of nitrogens with two attached hydrogens (primary N) is 2. The molecule has 168 valence electrons. The number of thiazole rings is 1. The molecule has 0 aliphatic heterocycles. The van der Waals surface area contributed by atoms with E-state index in [1.807, 2.05) is 0 Å². The minimum absolute atomic E-state index is 0.0109. The summed E-state index contributed by atoms with van der Waals surface area (Å²) in [6.45, 7) is 1.54. The van der Waals surface area contributed by atoms with E-state index < -0.39 is 29.4 Å². The van der Waals surface area contributed by atoms with Gasteiger partial charge in [-0.2, -0.15) is 4.98 Å². The topological polar surface area (TPSA) is 141 Å². The first kappa shape index (κ1) is 22.0. The molecule has 1 atom stereocenters. The molecule has 1 amide bonds. The number of nitrogen functional groups attached to an aromatic ring is 1. The Labute approximate surface area is 189 Å². The molecule has 4 rings (SSSR count). The molecule has 0 saturated heterocycles. The Kier molecular flexibility index (Phi) is 5.84. The van der Waals surface area contributed by atoms with Gasteiger partial charge in [-0.3, -0.25) is 9.59 Å². The largest absolute Gasteiger partial charge is 0.382 e. The molecule has 9 nitrogen and oxygen atoms in total. The van der Waals surface area contributed by atoms with Gasteiger partial charge in [-0.15, -0.1) is 0 Å². The van der Waals surface area contributed by atoms with Gasteiger partial charge in [0.05, 0.1) is 0 Å². The van der Waals surface area contributed by atoms with Crippen LogP contribution in [0.25, 0.3) is 11.4 Å². The van der Waals surface area contributed by atoms with Gasteiger partial charge in [0, 0.05) is 11.3 Å². The monoisotopic (exact) mass is 470 g/mol. The lowest BCUT2D eigenvalue weighted by Gasteiger charge is -2.26. The van der Waals surface area contributed by atoms with Crippen LogP contribution in [0.1, 0.15) is 22.5 Å². The summed E-state index contributed by atoms with van der Waals surface area (Å²) in [6.07, 6.45) is 0. The molecule has 0 spiro atoms. The normalized spacial score (nSPS) is 11.8. The van der Waals surface area contributed by atoms with Crippen molar-refractivity contribution in [2.75, 3.05) is 10.6 Å². The van der Waals surface area contributed by atoms with Crippen LogP contribution in [-0.2, 0) is 4.79 Å². The number of amides is 1.